The third-order valence-corrected chi connectivity index (χ3v) is 7.91. The van der Waals surface area contributed by atoms with E-state index in [0.717, 1.165) is 56.9 Å². The quantitative estimate of drug-likeness (QED) is 0.703. The summed E-state index contributed by atoms with van der Waals surface area (Å²) >= 11 is 6.52. The van der Waals surface area contributed by atoms with Crippen LogP contribution in [0.1, 0.15) is 63.1 Å². The van der Waals surface area contributed by atoms with Crippen molar-refractivity contribution >= 4 is 17.3 Å². The third kappa shape index (κ3) is 4.26. The number of benzene rings is 2. The molecule has 1 heterocycles. The zero-order valence-corrected chi connectivity index (χ0v) is 19.2. The number of fused-ring (bicyclic) bond motifs is 1. The van der Waals surface area contributed by atoms with E-state index in [1.165, 1.54) is 28.1 Å². The molecule has 0 spiro atoms. The monoisotopic (exact) mass is 427 g/mol. The summed E-state index contributed by atoms with van der Waals surface area (Å²) in [5, 5.41) is 12.4. The van der Waals surface area contributed by atoms with Gasteiger partial charge in [-0.05, 0) is 44.9 Å². The van der Waals surface area contributed by atoms with Crippen LogP contribution in [0.4, 0.5) is 5.69 Å². The molecule has 2 fully saturated rings. The van der Waals surface area contributed by atoms with Gasteiger partial charge in [0.05, 0.1) is 12.1 Å². The normalized spacial score (nSPS) is 28.7. The first kappa shape index (κ1) is 21.7. The average molecular weight is 428 g/mol. The standard InChI is InChI=1S/C26H35ClN2O/c1-3-28(4-2)22-14-12-20(13-15-22)25-23-10-7-8-16-26(23,30)17-18-29(25)19-21-9-5-6-11-24(21)27/h5-6,9,11-15,23,25,30H,3-4,7-8,10,16-19H2,1-2H3/p+1/t23-,25-,26-/m0/s1. The fourth-order valence-corrected chi connectivity index (χ4v) is 6.09. The van der Waals surface area contributed by atoms with Crippen molar-refractivity contribution in [3.8, 4) is 0 Å². The molecule has 3 nitrogen and oxygen atoms in total. The molecule has 2 N–H and O–H groups in total. The molecule has 162 valence electrons. The third-order valence-electron chi connectivity index (χ3n) is 7.54. The van der Waals surface area contributed by atoms with Gasteiger partial charge < -0.3 is 14.9 Å². The first-order valence-electron chi connectivity index (χ1n) is 11.7. The number of hydrogen-bond donors (Lipinski definition) is 2. The Hall–Kier alpha value is -1.55. The summed E-state index contributed by atoms with van der Waals surface area (Å²) in [5.41, 5.74) is 3.34. The van der Waals surface area contributed by atoms with E-state index in [2.05, 4.69) is 55.1 Å². The number of quaternary nitrogens is 1. The van der Waals surface area contributed by atoms with Crippen molar-refractivity contribution in [3.63, 3.8) is 0 Å². The van der Waals surface area contributed by atoms with Crippen molar-refractivity contribution in [2.45, 2.75) is 64.1 Å². The molecule has 2 aliphatic rings. The van der Waals surface area contributed by atoms with Crippen LogP contribution >= 0.6 is 11.6 Å². The minimum absolute atomic E-state index is 0.311. The molecule has 1 aliphatic heterocycles. The van der Waals surface area contributed by atoms with E-state index in [4.69, 9.17) is 11.6 Å². The van der Waals surface area contributed by atoms with Gasteiger partial charge in [-0.25, -0.2) is 0 Å². The number of halogens is 1. The van der Waals surface area contributed by atoms with Crippen LogP contribution < -0.4 is 9.80 Å². The van der Waals surface area contributed by atoms with Crippen LogP contribution in [0.2, 0.25) is 5.02 Å². The van der Waals surface area contributed by atoms with E-state index in [1.807, 2.05) is 12.1 Å². The molecule has 4 atom stereocenters. The van der Waals surface area contributed by atoms with E-state index >= 15 is 0 Å². The number of piperidine rings is 1. The Morgan fingerprint density at radius 1 is 1.03 bits per heavy atom. The largest absolute Gasteiger partial charge is 0.389 e. The van der Waals surface area contributed by atoms with Gasteiger partial charge in [-0.1, -0.05) is 54.8 Å². The molecule has 0 radical (unpaired) electrons. The molecule has 1 unspecified atom stereocenters. The lowest BCUT2D eigenvalue weighted by molar-refractivity contribution is -0.958. The smallest absolute Gasteiger partial charge is 0.119 e. The second-order valence-corrected chi connectivity index (χ2v) is 9.53. The van der Waals surface area contributed by atoms with Crippen molar-refractivity contribution in [2.24, 2.45) is 5.92 Å². The number of aliphatic hydroxyl groups is 1. The number of likely N-dealkylation sites (tertiary alicyclic amines) is 1. The number of nitrogens with one attached hydrogen (secondary N) is 1. The molecule has 4 heteroatoms. The van der Waals surface area contributed by atoms with Crippen molar-refractivity contribution in [2.75, 3.05) is 24.5 Å². The van der Waals surface area contributed by atoms with Crippen LogP contribution in [0, 0.1) is 5.92 Å². The average Bonchev–Trinajstić information content (AvgIpc) is 2.77. The van der Waals surface area contributed by atoms with Gasteiger partial charge in [0, 0.05) is 47.3 Å². The molecular formula is C26H36ClN2O+. The van der Waals surface area contributed by atoms with Gasteiger partial charge in [0.2, 0.25) is 0 Å². The number of rotatable bonds is 6. The first-order chi connectivity index (χ1) is 14.6. The Labute approximate surface area is 186 Å². The number of anilines is 1. The fraction of sp³-hybridized carbons (Fsp3) is 0.538. The lowest BCUT2D eigenvalue weighted by atomic mass is 9.66. The van der Waals surface area contributed by atoms with Crippen molar-refractivity contribution in [1.82, 2.24) is 0 Å². The zero-order chi connectivity index (χ0) is 21.1. The fourth-order valence-electron chi connectivity index (χ4n) is 5.89. The molecule has 4 rings (SSSR count). The minimum Gasteiger partial charge on any atom is -0.389 e. The number of nitrogens with zero attached hydrogens (tertiary/aromatic N) is 1. The van der Waals surface area contributed by atoms with E-state index < -0.39 is 5.60 Å². The van der Waals surface area contributed by atoms with Crippen LogP contribution in [-0.4, -0.2) is 30.3 Å². The Morgan fingerprint density at radius 2 is 1.77 bits per heavy atom. The maximum absolute atomic E-state index is 11.5. The first-order valence-corrected chi connectivity index (χ1v) is 12.1. The molecule has 1 aliphatic carbocycles. The van der Waals surface area contributed by atoms with Gasteiger partial charge in [0.15, 0.2) is 0 Å². The molecule has 0 aromatic heterocycles. The van der Waals surface area contributed by atoms with Gasteiger partial charge in [0.25, 0.3) is 0 Å². The summed E-state index contributed by atoms with van der Waals surface area (Å²) in [4.78, 5) is 3.92. The molecule has 1 saturated carbocycles. The maximum atomic E-state index is 11.5. The van der Waals surface area contributed by atoms with Crippen LogP contribution in [0.3, 0.4) is 0 Å². The summed E-state index contributed by atoms with van der Waals surface area (Å²) in [6.07, 6.45) is 5.34. The van der Waals surface area contributed by atoms with Crippen molar-refractivity contribution in [1.29, 1.82) is 0 Å². The predicted octanol–water partition coefficient (Wildman–Crippen LogP) is 4.64. The lowest BCUT2D eigenvalue weighted by Gasteiger charge is -2.50. The second-order valence-electron chi connectivity index (χ2n) is 9.12. The Morgan fingerprint density at radius 3 is 2.47 bits per heavy atom. The Bertz CT molecular complexity index is 835. The summed E-state index contributed by atoms with van der Waals surface area (Å²) in [5.74, 6) is 0.316. The SMILES string of the molecule is CCN(CC)c1ccc([C@H]2[C@@H]3CCCC[C@]3(O)CC[NH+]2Cc2ccccc2Cl)cc1. The van der Waals surface area contributed by atoms with Gasteiger partial charge >= 0.3 is 0 Å². The minimum atomic E-state index is -0.509. The van der Waals surface area contributed by atoms with Crippen LogP contribution in [0.25, 0.3) is 0 Å². The maximum Gasteiger partial charge on any atom is 0.119 e. The molecule has 0 bridgehead atoms. The molecule has 1 saturated heterocycles. The molecule has 2 aromatic carbocycles. The topological polar surface area (TPSA) is 27.9 Å². The number of hydrogen-bond acceptors (Lipinski definition) is 2. The highest BCUT2D eigenvalue weighted by Gasteiger charge is 2.51. The second kappa shape index (κ2) is 9.30. The summed E-state index contributed by atoms with van der Waals surface area (Å²) in [6.45, 7) is 8.35. The highest BCUT2D eigenvalue weighted by atomic mass is 35.5. The van der Waals surface area contributed by atoms with Crippen molar-refractivity contribution < 1.29 is 10.0 Å². The van der Waals surface area contributed by atoms with Gasteiger partial charge in [-0.3, -0.25) is 0 Å². The molecular weight excluding hydrogens is 392 g/mol. The van der Waals surface area contributed by atoms with Crippen LogP contribution in [-0.2, 0) is 6.54 Å². The molecule has 0 amide bonds. The molecule has 2 aromatic rings. The van der Waals surface area contributed by atoms with Crippen molar-refractivity contribution in [3.05, 3.63) is 64.7 Å². The Kier molecular flexibility index (Phi) is 6.72. The van der Waals surface area contributed by atoms with E-state index in [-0.39, 0.29) is 0 Å². The summed E-state index contributed by atoms with van der Waals surface area (Å²) in [7, 11) is 0. The summed E-state index contributed by atoms with van der Waals surface area (Å²) in [6, 6.07) is 17.7. The van der Waals surface area contributed by atoms with Gasteiger partial charge in [0.1, 0.15) is 12.6 Å². The highest BCUT2D eigenvalue weighted by Crippen LogP contribution is 2.44. The summed E-state index contributed by atoms with van der Waals surface area (Å²) < 4.78 is 0. The van der Waals surface area contributed by atoms with Gasteiger partial charge in [-0.15, -0.1) is 0 Å². The van der Waals surface area contributed by atoms with Crippen LogP contribution in [0.15, 0.2) is 48.5 Å². The molecule has 30 heavy (non-hydrogen) atoms. The highest BCUT2D eigenvalue weighted by molar-refractivity contribution is 6.31. The lowest BCUT2D eigenvalue weighted by Crippen LogP contribution is -3.13. The van der Waals surface area contributed by atoms with E-state index in [1.54, 1.807) is 0 Å². The van der Waals surface area contributed by atoms with Gasteiger partial charge in [-0.2, -0.15) is 0 Å². The Balaban J connectivity index is 1.67. The van der Waals surface area contributed by atoms with E-state index in [9.17, 15) is 5.11 Å². The predicted molar refractivity (Wildman–Crippen MR) is 125 cm³/mol. The van der Waals surface area contributed by atoms with E-state index in [0.29, 0.717) is 12.0 Å². The zero-order valence-electron chi connectivity index (χ0n) is 18.4. The van der Waals surface area contributed by atoms with Crippen LogP contribution in [0.5, 0.6) is 0 Å².